The van der Waals surface area contributed by atoms with Gasteiger partial charge >= 0.3 is 11.9 Å². The zero-order valence-electron chi connectivity index (χ0n) is 45.0. The molecule has 4 fully saturated rings. The summed E-state index contributed by atoms with van der Waals surface area (Å²) in [4.78, 5) is 65.7. The molecule has 2 aromatic carbocycles. The van der Waals surface area contributed by atoms with E-state index in [-0.39, 0.29) is 42.6 Å². The van der Waals surface area contributed by atoms with E-state index in [1.165, 1.54) is 108 Å². The lowest BCUT2D eigenvalue weighted by molar-refractivity contribution is -0.132. The SMILES string of the molecule is CCN1CCN(C(=O)CN2CCn3c(c(C4CCCCC4)c4sc(C(=O)O)cc43)-c3ccccc32)CC1.CCN1CCN(C(=O)CN2CCn3c(c(C4CCCCC4)c4sc(C(=O)OC)cc43)-c3ccccc32)CC1.Cl.Cl. The Bertz CT molecular complexity index is 3060. The Morgan fingerprint density at radius 1 is 0.545 bits per heavy atom. The van der Waals surface area contributed by atoms with E-state index in [9.17, 15) is 24.3 Å². The molecule has 18 heteroatoms. The summed E-state index contributed by atoms with van der Waals surface area (Å²) < 4.78 is 12.2. The Balaban J connectivity index is 0.000000183. The van der Waals surface area contributed by atoms with E-state index in [2.05, 4.69) is 91.1 Å². The number of nitrogens with zero attached hydrogens (tertiary/aromatic N) is 8. The van der Waals surface area contributed by atoms with Crippen LogP contribution in [0.25, 0.3) is 42.9 Å². The quantitative estimate of drug-likeness (QED) is 0.132. The molecule has 12 rings (SSSR count). The Morgan fingerprint density at radius 3 is 1.35 bits per heavy atom. The number of benzene rings is 2. The minimum atomic E-state index is -0.852. The number of para-hydroxylation sites is 2. The van der Waals surface area contributed by atoms with E-state index in [1.54, 1.807) is 11.3 Å². The molecule has 0 spiro atoms. The van der Waals surface area contributed by atoms with Gasteiger partial charge in [0.25, 0.3) is 0 Å². The van der Waals surface area contributed by atoms with Crippen LogP contribution in [0.15, 0.2) is 60.7 Å². The summed E-state index contributed by atoms with van der Waals surface area (Å²) in [6.07, 6.45) is 12.2. The van der Waals surface area contributed by atoms with Crippen molar-refractivity contribution < 1.29 is 29.0 Å². The number of rotatable bonds is 10. The predicted octanol–water partition coefficient (Wildman–Crippen LogP) is 11.1. The number of halogens is 2. The van der Waals surface area contributed by atoms with Crippen LogP contribution < -0.4 is 9.80 Å². The third-order valence-corrected chi connectivity index (χ3v) is 19.6. The second kappa shape index (κ2) is 24.9. The van der Waals surface area contributed by atoms with Crippen molar-refractivity contribution in [2.75, 3.05) is 109 Å². The van der Waals surface area contributed by atoms with Gasteiger partial charge in [0, 0.05) is 101 Å². The van der Waals surface area contributed by atoms with Crippen LogP contribution in [0.3, 0.4) is 0 Å². The molecule has 414 valence electrons. The number of piperazine rings is 2. The lowest BCUT2D eigenvalue weighted by Crippen LogP contribution is -2.51. The van der Waals surface area contributed by atoms with Crippen LogP contribution in [0.4, 0.5) is 11.4 Å². The average Bonchev–Trinajstić information content (AvgIpc) is 4.27. The minimum absolute atomic E-state index is 0. The predicted molar refractivity (Wildman–Crippen MR) is 317 cm³/mol. The Morgan fingerprint density at radius 2 is 0.948 bits per heavy atom. The second-order valence-corrected chi connectivity index (χ2v) is 23.6. The smallest absolute Gasteiger partial charge is 0.348 e. The maximum atomic E-state index is 13.4. The number of aromatic nitrogens is 2. The third-order valence-electron chi connectivity index (χ3n) is 17.4. The van der Waals surface area contributed by atoms with Gasteiger partial charge < -0.3 is 48.4 Å². The molecule has 14 nitrogen and oxygen atoms in total. The molecule has 2 aliphatic carbocycles. The van der Waals surface area contributed by atoms with Crippen LogP contribution in [-0.2, 0) is 27.4 Å². The number of hydrogen-bond donors (Lipinski definition) is 1. The summed E-state index contributed by atoms with van der Waals surface area (Å²) in [7, 11) is 1.45. The highest BCUT2D eigenvalue weighted by molar-refractivity contribution is 7.21. The van der Waals surface area contributed by atoms with Gasteiger partial charge in [0.1, 0.15) is 9.75 Å². The zero-order valence-corrected chi connectivity index (χ0v) is 48.3. The van der Waals surface area contributed by atoms with Crippen molar-refractivity contribution in [2.45, 2.75) is 103 Å². The first-order chi connectivity index (χ1) is 36.6. The van der Waals surface area contributed by atoms with Crippen LogP contribution in [0, 0.1) is 0 Å². The average molecular weight is 1130 g/mol. The van der Waals surface area contributed by atoms with Crippen LogP contribution in [0.2, 0.25) is 0 Å². The molecule has 1 N–H and O–H groups in total. The number of carbonyl (C=O) groups excluding carboxylic acids is 3. The second-order valence-electron chi connectivity index (χ2n) is 21.5. The number of thiophene rings is 2. The molecule has 2 saturated heterocycles. The number of fused-ring (bicyclic) bond motifs is 10. The maximum absolute atomic E-state index is 13.4. The number of aromatic carboxylic acids is 1. The molecule has 0 radical (unpaired) electrons. The number of amides is 2. The lowest BCUT2D eigenvalue weighted by Gasteiger charge is -2.35. The fraction of sp³-hybridized carbons (Fsp3) is 0.525. The van der Waals surface area contributed by atoms with Crippen molar-refractivity contribution in [3.63, 3.8) is 0 Å². The molecule has 0 atom stereocenters. The van der Waals surface area contributed by atoms with Gasteiger partial charge in [0.2, 0.25) is 11.8 Å². The summed E-state index contributed by atoms with van der Waals surface area (Å²) >= 11 is 3.02. The summed E-state index contributed by atoms with van der Waals surface area (Å²) in [5.74, 6) is 0.225. The number of anilines is 2. The molecule has 4 aliphatic heterocycles. The number of carbonyl (C=O) groups is 4. The monoisotopic (exact) mass is 1130 g/mol. The molecule has 2 amide bonds. The highest BCUT2D eigenvalue weighted by Crippen LogP contribution is 2.51. The van der Waals surface area contributed by atoms with Gasteiger partial charge in [-0.05, 0) is 86.0 Å². The van der Waals surface area contributed by atoms with Crippen molar-refractivity contribution in [1.82, 2.24) is 28.7 Å². The van der Waals surface area contributed by atoms with Crippen LogP contribution in [-0.4, -0.2) is 156 Å². The van der Waals surface area contributed by atoms with E-state index in [0.717, 1.165) is 132 Å². The number of carboxylic acid groups (broad SMARTS) is 1. The van der Waals surface area contributed by atoms with Gasteiger partial charge in [-0.2, -0.15) is 0 Å². The van der Waals surface area contributed by atoms with Crippen molar-refractivity contribution in [1.29, 1.82) is 0 Å². The van der Waals surface area contributed by atoms with Gasteiger partial charge in [0.05, 0.1) is 52.0 Å². The van der Waals surface area contributed by atoms with Crippen LogP contribution in [0.1, 0.15) is 120 Å². The van der Waals surface area contributed by atoms with Crippen molar-refractivity contribution in [2.24, 2.45) is 0 Å². The van der Waals surface area contributed by atoms with Gasteiger partial charge in [-0.1, -0.05) is 88.8 Å². The highest BCUT2D eigenvalue weighted by atomic mass is 35.5. The maximum Gasteiger partial charge on any atom is 0.348 e. The molecule has 0 unspecified atom stereocenters. The Kier molecular flexibility index (Phi) is 18.3. The first-order valence-corrected chi connectivity index (χ1v) is 29.6. The molecular weight excluding hydrogens is 1050 g/mol. The topological polar surface area (TPSA) is 127 Å². The molecule has 6 aliphatic rings. The van der Waals surface area contributed by atoms with Crippen LogP contribution in [0.5, 0.6) is 0 Å². The van der Waals surface area contributed by atoms with Gasteiger partial charge in [-0.25, -0.2) is 9.59 Å². The normalized spacial score (nSPS) is 18.4. The number of hydrogen-bond acceptors (Lipinski definition) is 11. The molecule has 4 aromatic heterocycles. The minimum Gasteiger partial charge on any atom is -0.477 e. The molecule has 0 bridgehead atoms. The Labute approximate surface area is 473 Å². The summed E-state index contributed by atoms with van der Waals surface area (Å²) in [5.41, 5.74) is 12.1. The van der Waals surface area contributed by atoms with Crippen molar-refractivity contribution >= 4 is 103 Å². The fourth-order valence-electron chi connectivity index (χ4n) is 13.3. The molecule has 8 heterocycles. The summed E-state index contributed by atoms with van der Waals surface area (Å²) in [5, 5.41) is 9.77. The first-order valence-electron chi connectivity index (χ1n) is 28.0. The van der Waals surface area contributed by atoms with Crippen LogP contribution >= 0.6 is 47.5 Å². The largest absolute Gasteiger partial charge is 0.477 e. The number of ether oxygens (including phenoxy) is 1. The molecule has 6 aromatic rings. The summed E-state index contributed by atoms with van der Waals surface area (Å²) in [6.45, 7) is 17.2. The first kappa shape index (κ1) is 56.6. The third kappa shape index (κ3) is 11.3. The lowest BCUT2D eigenvalue weighted by atomic mass is 9.83. The molecule has 77 heavy (non-hydrogen) atoms. The number of esters is 1. The molecular formula is C59H76Cl2N8O6S2. The Hall–Kier alpha value is -5.10. The highest BCUT2D eigenvalue weighted by Gasteiger charge is 2.36. The van der Waals surface area contributed by atoms with Gasteiger partial charge in [-0.3, -0.25) is 9.59 Å². The molecule has 2 saturated carbocycles. The van der Waals surface area contributed by atoms with E-state index < -0.39 is 5.97 Å². The van der Waals surface area contributed by atoms with Crippen molar-refractivity contribution in [3.8, 4) is 22.5 Å². The van der Waals surface area contributed by atoms with E-state index >= 15 is 0 Å². The number of carboxylic acids is 1. The van der Waals surface area contributed by atoms with E-state index in [1.807, 2.05) is 21.9 Å². The number of likely N-dealkylation sites (N-methyl/N-ethyl adjacent to an activating group) is 2. The zero-order chi connectivity index (χ0) is 51.7. The standard InChI is InChI=1S/C30H38N4O3S.C29H36N4O3S.2ClH/c1-3-31-13-15-32(16-14-31)26(35)20-33-17-18-34-24-19-25(30(36)37-2)38-29(24)27(21-9-5-4-6-10-21)28(34)22-11-7-8-12-23(22)33;1-2-30-12-14-31(15-13-30)25(34)19-32-16-17-33-23-18-24(29(35)36)37-28(23)26(20-8-4-3-5-9-20)27(33)21-10-6-7-11-22(21)32;;/h7-8,11-12,19,21H,3-6,9-10,13-18,20H2,1-2H3;6-7,10-11,18,20H,2-5,8-9,12-17,19H2,1H3,(H,35,36);2*1H. The number of methoxy groups -OCH3 is 1. The van der Waals surface area contributed by atoms with E-state index in [0.29, 0.717) is 34.7 Å². The van der Waals surface area contributed by atoms with Gasteiger partial charge in [-0.15, -0.1) is 47.5 Å². The van der Waals surface area contributed by atoms with Gasteiger partial charge in [0.15, 0.2) is 0 Å². The van der Waals surface area contributed by atoms with Crippen molar-refractivity contribution in [3.05, 3.63) is 81.5 Å². The summed E-state index contributed by atoms with van der Waals surface area (Å²) in [6, 6.07) is 21.0. The van der Waals surface area contributed by atoms with E-state index in [4.69, 9.17) is 4.74 Å². The fourth-order valence-corrected chi connectivity index (χ4v) is 15.6.